The van der Waals surface area contributed by atoms with Gasteiger partial charge < -0.3 is 4.52 Å². The van der Waals surface area contributed by atoms with Crippen molar-refractivity contribution in [1.82, 2.24) is 14.9 Å². The minimum atomic E-state index is -3.59. The maximum Gasteiger partial charge on any atom is 0.263 e. The maximum atomic E-state index is 12.2. The highest BCUT2D eigenvalue weighted by molar-refractivity contribution is 7.90. The molecule has 0 radical (unpaired) electrons. The third-order valence-corrected chi connectivity index (χ3v) is 5.63. The molecule has 26 heavy (non-hydrogen) atoms. The van der Waals surface area contributed by atoms with Crippen molar-refractivity contribution in [2.75, 3.05) is 0 Å². The molecule has 1 unspecified atom stereocenters. The van der Waals surface area contributed by atoms with Gasteiger partial charge in [0.2, 0.25) is 5.82 Å². The van der Waals surface area contributed by atoms with Crippen LogP contribution in [0.15, 0.2) is 62.9 Å². The smallest absolute Gasteiger partial charge is 0.263 e. The first-order valence-corrected chi connectivity index (χ1v) is 9.60. The van der Waals surface area contributed by atoms with E-state index in [4.69, 9.17) is 16.1 Å². The minimum Gasteiger partial charge on any atom is -0.337 e. The molecule has 9 heteroatoms. The van der Waals surface area contributed by atoms with Crippen LogP contribution in [0.2, 0.25) is 5.02 Å². The summed E-state index contributed by atoms with van der Waals surface area (Å²) >= 11 is 6.15. The molecule has 0 bridgehead atoms. The average molecular weight is 389 g/mol. The molecule has 0 saturated heterocycles. The van der Waals surface area contributed by atoms with Crippen LogP contribution in [-0.4, -0.2) is 24.4 Å². The number of fused-ring (bicyclic) bond motifs is 1. The van der Waals surface area contributed by atoms with Gasteiger partial charge in [-0.25, -0.2) is 8.42 Å². The van der Waals surface area contributed by atoms with Gasteiger partial charge in [-0.2, -0.15) is 4.98 Å². The standard InChI is InChI=1S/C17H13ClN4O3S/c1-10(17-20-15(21-25-17)11-6-2-4-8-13(11)18)19-16-12-7-3-5-9-14(12)26(23,24)22-16/h2-10H,1H3,(H,19,22). The van der Waals surface area contributed by atoms with E-state index in [1.807, 2.05) is 12.1 Å². The number of halogens is 1. The number of sulfonamides is 1. The Bertz CT molecular complexity index is 1120. The Kier molecular flexibility index (Phi) is 4.01. The molecule has 3 aromatic rings. The van der Waals surface area contributed by atoms with E-state index in [1.54, 1.807) is 37.3 Å². The van der Waals surface area contributed by atoms with E-state index < -0.39 is 16.1 Å². The molecule has 1 atom stereocenters. The van der Waals surface area contributed by atoms with Crippen molar-refractivity contribution < 1.29 is 12.9 Å². The van der Waals surface area contributed by atoms with Gasteiger partial charge in [0, 0.05) is 11.1 Å². The van der Waals surface area contributed by atoms with Gasteiger partial charge >= 0.3 is 0 Å². The molecule has 1 N–H and O–H groups in total. The number of amidine groups is 1. The number of benzene rings is 2. The molecule has 2 aromatic carbocycles. The summed E-state index contributed by atoms with van der Waals surface area (Å²) in [6.07, 6.45) is 0. The molecule has 1 aromatic heterocycles. The lowest BCUT2D eigenvalue weighted by Gasteiger charge is -2.03. The molecule has 1 aliphatic rings. The molecule has 132 valence electrons. The summed E-state index contributed by atoms with van der Waals surface area (Å²) in [5, 5.41) is 4.45. The lowest BCUT2D eigenvalue weighted by molar-refractivity contribution is 0.362. The maximum absolute atomic E-state index is 12.2. The van der Waals surface area contributed by atoms with Crippen molar-refractivity contribution in [3.63, 3.8) is 0 Å². The van der Waals surface area contributed by atoms with Crippen molar-refractivity contribution in [3.8, 4) is 11.4 Å². The van der Waals surface area contributed by atoms with Gasteiger partial charge in [0.1, 0.15) is 11.9 Å². The highest BCUT2D eigenvalue weighted by atomic mass is 35.5. The molecular formula is C17H13ClN4O3S. The number of nitrogens with zero attached hydrogens (tertiary/aromatic N) is 3. The molecule has 0 fully saturated rings. The number of hydrogen-bond donors (Lipinski definition) is 1. The topological polar surface area (TPSA) is 97.5 Å². The first kappa shape index (κ1) is 16.7. The van der Waals surface area contributed by atoms with E-state index in [2.05, 4.69) is 19.9 Å². The third kappa shape index (κ3) is 2.87. The number of aliphatic imine (C=N–C) groups is 1. The second-order valence-corrected chi connectivity index (χ2v) is 7.75. The quantitative estimate of drug-likeness (QED) is 0.743. The fraction of sp³-hybridized carbons (Fsp3) is 0.118. The Morgan fingerprint density at radius 2 is 1.81 bits per heavy atom. The van der Waals surface area contributed by atoms with E-state index in [9.17, 15) is 8.42 Å². The third-order valence-electron chi connectivity index (χ3n) is 3.90. The van der Waals surface area contributed by atoms with Crippen LogP contribution in [0.3, 0.4) is 0 Å². The van der Waals surface area contributed by atoms with Crippen LogP contribution in [0.4, 0.5) is 0 Å². The number of hydrogen-bond acceptors (Lipinski definition) is 6. The van der Waals surface area contributed by atoms with E-state index in [0.29, 0.717) is 22.0 Å². The van der Waals surface area contributed by atoms with Crippen LogP contribution in [0, 0.1) is 0 Å². The molecular weight excluding hydrogens is 376 g/mol. The zero-order valence-corrected chi connectivity index (χ0v) is 15.1. The predicted molar refractivity (Wildman–Crippen MR) is 96.5 cm³/mol. The number of rotatable bonds is 3. The zero-order chi connectivity index (χ0) is 18.3. The van der Waals surface area contributed by atoms with E-state index in [1.165, 1.54) is 6.07 Å². The average Bonchev–Trinajstić information content (AvgIpc) is 3.20. The first-order chi connectivity index (χ1) is 12.5. The second kappa shape index (κ2) is 6.22. The Morgan fingerprint density at radius 1 is 1.12 bits per heavy atom. The van der Waals surface area contributed by atoms with Gasteiger partial charge in [-0.3, -0.25) is 9.71 Å². The lowest BCUT2D eigenvalue weighted by atomic mass is 10.2. The Balaban J connectivity index is 1.67. The SMILES string of the molecule is CC(N=C1NS(=O)(=O)c2ccccc21)c1nc(-c2ccccc2Cl)no1. The fourth-order valence-corrected chi connectivity index (χ4v) is 4.09. The summed E-state index contributed by atoms with van der Waals surface area (Å²) in [7, 11) is -3.59. The van der Waals surface area contributed by atoms with Crippen LogP contribution in [0.1, 0.15) is 24.4 Å². The number of nitrogens with one attached hydrogen (secondary N) is 1. The Morgan fingerprint density at radius 3 is 2.58 bits per heavy atom. The predicted octanol–water partition coefficient (Wildman–Crippen LogP) is 3.19. The van der Waals surface area contributed by atoms with Gasteiger partial charge in [-0.15, -0.1) is 0 Å². The molecule has 0 amide bonds. The number of aromatic nitrogens is 2. The van der Waals surface area contributed by atoms with Crippen LogP contribution in [-0.2, 0) is 10.0 Å². The van der Waals surface area contributed by atoms with Crippen LogP contribution >= 0.6 is 11.6 Å². The van der Waals surface area contributed by atoms with E-state index in [0.717, 1.165) is 0 Å². The van der Waals surface area contributed by atoms with E-state index >= 15 is 0 Å². The second-order valence-electron chi connectivity index (χ2n) is 5.69. The summed E-state index contributed by atoms with van der Waals surface area (Å²) in [6.45, 7) is 1.74. The van der Waals surface area contributed by atoms with Crippen molar-refractivity contribution in [2.45, 2.75) is 17.9 Å². The Labute approximate surface area is 154 Å². The summed E-state index contributed by atoms with van der Waals surface area (Å²) in [5.41, 5.74) is 1.17. The summed E-state index contributed by atoms with van der Waals surface area (Å²) in [4.78, 5) is 8.94. The Hall–Kier alpha value is -2.71. The van der Waals surface area contributed by atoms with Crippen LogP contribution < -0.4 is 4.72 Å². The monoisotopic (exact) mass is 388 g/mol. The van der Waals surface area contributed by atoms with Gasteiger partial charge in [-0.1, -0.05) is 41.0 Å². The molecule has 0 spiro atoms. The molecule has 4 rings (SSSR count). The van der Waals surface area contributed by atoms with Gasteiger partial charge in [0.25, 0.3) is 15.9 Å². The highest BCUT2D eigenvalue weighted by Crippen LogP contribution is 2.28. The summed E-state index contributed by atoms with van der Waals surface area (Å²) in [5.74, 6) is 0.867. The van der Waals surface area contributed by atoms with Gasteiger partial charge in [-0.05, 0) is 31.2 Å². The van der Waals surface area contributed by atoms with Gasteiger partial charge in [0.15, 0.2) is 0 Å². The van der Waals surface area contributed by atoms with Crippen molar-refractivity contribution in [1.29, 1.82) is 0 Å². The lowest BCUT2D eigenvalue weighted by Crippen LogP contribution is -2.22. The van der Waals surface area contributed by atoms with E-state index in [-0.39, 0.29) is 16.6 Å². The van der Waals surface area contributed by atoms with Gasteiger partial charge in [0.05, 0.1) is 9.92 Å². The van der Waals surface area contributed by atoms with Crippen molar-refractivity contribution in [2.24, 2.45) is 4.99 Å². The molecule has 0 aliphatic carbocycles. The molecule has 1 aliphatic heterocycles. The summed E-state index contributed by atoms with van der Waals surface area (Å²) in [6, 6.07) is 13.3. The summed E-state index contributed by atoms with van der Waals surface area (Å²) < 4.78 is 32.0. The molecule has 7 nitrogen and oxygen atoms in total. The molecule has 2 heterocycles. The normalized spacial score (nSPS) is 17.7. The zero-order valence-electron chi connectivity index (χ0n) is 13.5. The fourth-order valence-electron chi connectivity index (χ4n) is 2.64. The van der Waals surface area contributed by atoms with Crippen LogP contribution in [0.25, 0.3) is 11.4 Å². The largest absolute Gasteiger partial charge is 0.337 e. The minimum absolute atomic E-state index is 0.202. The highest BCUT2D eigenvalue weighted by Gasteiger charge is 2.31. The molecule has 0 saturated carbocycles. The van der Waals surface area contributed by atoms with Crippen molar-refractivity contribution >= 4 is 27.5 Å². The van der Waals surface area contributed by atoms with Crippen molar-refractivity contribution in [3.05, 3.63) is 65.0 Å². The first-order valence-electron chi connectivity index (χ1n) is 7.74. The van der Waals surface area contributed by atoms with Crippen LogP contribution in [0.5, 0.6) is 0 Å².